The van der Waals surface area contributed by atoms with Gasteiger partial charge in [0, 0.05) is 30.9 Å². The van der Waals surface area contributed by atoms with Crippen LogP contribution in [0.25, 0.3) is 0 Å². The number of carbonyl (C=O) groups is 2. The predicted octanol–water partition coefficient (Wildman–Crippen LogP) is 3.07. The molecule has 1 aromatic rings. The molecule has 2 heterocycles. The number of piperidine rings is 1. The van der Waals surface area contributed by atoms with Crippen LogP contribution in [-0.4, -0.2) is 45.7 Å². The van der Waals surface area contributed by atoms with E-state index in [0.29, 0.717) is 18.7 Å². The minimum atomic E-state index is -0.858. The van der Waals surface area contributed by atoms with Crippen LogP contribution in [0.1, 0.15) is 51.3 Å². The molecular weight excluding hydrogens is 308 g/mol. The van der Waals surface area contributed by atoms with E-state index in [1.165, 1.54) is 0 Å². The van der Waals surface area contributed by atoms with Gasteiger partial charge in [0.15, 0.2) is 0 Å². The molecule has 1 aliphatic rings. The van der Waals surface area contributed by atoms with Crippen LogP contribution in [0.2, 0.25) is 0 Å². The SMILES string of the molecule is CC1CN(C(=O)OC(C)(C)C)CCC1c1ccc(CC(=O)O)cn1. The third-order valence-corrected chi connectivity index (χ3v) is 4.14. The summed E-state index contributed by atoms with van der Waals surface area (Å²) in [6, 6.07) is 3.73. The van der Waals surface area contributed by atoms with E-state index in [4.69, 9.17) is 9.84 Å². The Morgan fingerprint density at radius 1 is 1.38 bits per heavy atom. The van der Waals surface area contributed by atoms with Crippen molar-refractivity contribution in [1.29, 1.82) is 0 Å². The number of pyridine rings is 1. The van der Waals surface area contributed by atoms with Crippen LogP contribution >= 0.6 is 0 Å². The van der Waals surface area contributed by atoms with Gasteiger partial charge in [0.05, 0.1) is 6.42 Å². The van der Waals surface area contributed by atoms with Crippen LogP contribution in [0.15, 0.2) is 18.3 Å². The van der Waals surface area contributed by atoms with E-state index in [1.54, 1.807) is 11.1 Å². The number of likely N-dealkylation sites (tertiary alicyclic amines) is 1. The van der Waals surface area contributed by atoms with Gasteiger partial charge in [-0.25, -0.2) is 4.79 Å². The van der Waals surface area contributed by atoms with Gasteiger partial charge in [-0.1, -0.05) is 13.0 Å². The molecule has 0 aliphatic carbocycles. The molecule has 1 N–H and O–H groups in total. The number of hydrogen-bond donors (Lipinski definition) is 1. The number of carbonyl (C=O) groups excluding carboxylic acids is 1. The molecule has 1 saturated heterocycles. The molecule has 1 amide bonds. The van der Waals surface area contributed by atoms with E-state index in [2.05, 4.69) is 11.9 Å². The van der Waals surface area contributed by atoms with E-state index in [0.717, 1.165) is 12.1 Å². The predicted molar refractivity (Wildman–Crippen MR) is 89.9 cm³/mol. The third-order valence-electron chi connectivity index (χ3n) is 4.14. The molecule has 2 unspecified atom stereocenters. The average molecular weight is 334 g/mol. The fraction of sp³-hybridized carbons (Fsp3) is 0.611. The molecule has 6 nitrogen and oxygen atoms in total. The second-order valence-electron chi connectivity index (χ2n) is 7.46. The molecular formula is C18H26N2O4. The van der Waals surface area contributed by atoms with Crippen molar-refractivity contribution in [3.8, 4) is 0 Å². The first-order valence-electron chi connectivity index (χ1n) is 8.30. The van der Waals surface area contributed by atoms with Crippen molar-refractivity contribution in [1.82, 2.24) is 9.88 Å². The van der Waals surface area contributed by atoms with E-state index in [1.807, 2.05) is 32.9 Å². The molecule has 0 spiro atoms. The summed E-state index contributed by atoms with van der Waals surface area (Å²) in [5.74, 6) is -0.324. The number of nitrogens with zero attached hydrogens (tertiary/aromatic N) is 2. The molecule has 6 heteroatoms. The summed E-state index contributed by atoms with van der Waals surface area (Å²) < 4.78 is 5.43. The smallest absolute Gasteiger partial charge is 0.410 e. The topological polar surface area (TPSA) is 79.7 Å². The Balaban J connectivity index is 1.98. The quantitative estimate of drug-likeness (QED) is 0.919. The summed E-state index contributed by atoms with van der Waals surface area (Å²) in [5.41, 5.74) is 1.17. The zero-order chi connectivity index (χ0) is 17.9. The van der Waals surface area contributed by atoms with Crippen LogP contribution in [0, 0.1) is 5.92 Å². The molecule has 2 rings (SSSR count). The Morgan fingerprint density at radius 2 is 2.08 bits per heavy atom. The van der Waals surface area contributed by atoms with Gasteiger partial charge in [-0.15, -0.1) is 0 Å². The van der Waals surface area contributed by atoms with Crippen molar-refractivity contribution in [2.45, 2.75) is 52.1 Å². The number of hydrogen-bond acceptors (Lipinski definition) is 4. The summed E-state index contributed by atoms with van der Waals surface area (Å²) in [5, 5.41) is 8.81. The molecule has 2 atom stereocenters. The molecule has 132 valence electrons. The number of carboxylic acids is 1. The Kier molecular flexibility index (Phi) is 5.47. The lowest BCUT2D eigenvalue weighted by atomic mass is 9.84. The summed E-state index contributed by atoms with van der Waals surface area (Å²) >= 11 is 0. The summed E-state index contributed by atoms with van der Waals surface area (Å²) in [6.45, 7) is 8.98. The fourth-order valence-electron chi connectivity index (χ4n) is 3.01. The van der Waals surface area contributed by atoms with Crippen molar-refractivity contribution in [2.24, 2.45) is 5.92 Å². The van der Waals surface area contributed by atoms with Gasteiger partial charge in [-0.3, -0.25) is 9.78 Å². The number of amides is 1. The Bertz CT molecular complexity index is 592. The summed E-state index contributed by atoms with van der Waals surface area (Å²) in [7, 11) is 0. The van der Waals surface area contributed by atoms with E-state index in [9.17, 15) is 9.59 Å². The number of aromatic nitrogens is 1. The normalized spacial score (nSPS) is 21.4. The van der Waals surface area contributed by atoms with E-state index in [-0.39, 0.29) is 24.3 Å². The first-order chi connectivity index (χ1) is 11.2. The molecule has 0 radical (unpaired) electrons. The maximum absolute atomic E-state index is 12.2. The van der Waals surface area contributed by atoms with Gasteiger partial charge in [0.25, 0.3) is 0 Å². The molecule has 0 saturated carbocycles. The highest BCUT2D eigenvalue weighted by molar-refractivity contribution is 5.70. The van der Waals surface area contributed by atoms with Crippen molar-refractivity contribution in [3.63, 3.8) is 0 Å². The van der Waals surface area contributed by atoms with Crippen molar-refractivity contribution in [3.05, 3.63) is 29.6 Å². The zero-order valence-corrected chi connectivity index (χ0v) is 14.8. The maximum atomic E-state index is 12.2. The monoisotopic (exact) mass is 334 g/mol. The lowest BCUT2D eigenvalue weighted by Crippen LogP contribution is -2.44. The lowest BCUT2D eigenvalue weighted by Gasteiger charge is -2.37. The molecule has 24 heavy (non-hydrogen) atoms. The number of aliphatic carboxylic acids is 1. The van der Waals surface area contributed by atoms with Gasteiger partial charge >= 0.3 is 12.1 Å². The van der Waals surface area contributed by atoms with Crippen molar-refractivity contribution in [2.75, 3.05) is 13.1 Å². The highest BCUT2D eigenvalue weighted by Gasteiger charge is 2.32. The lowest BCUT2D eigenvalue weighted by molar-refractivity contribution is -0.136. The van der Waals surface area contributed by atoms with E-state index < -0.39 is 11.6 Å². The maximum Gasteiger partial charge on any atom is 0.410 e. The van der Waals surface area contributed by atoms with Crippen molar-refractivity contribution < 1.29 is 19.4 Å². The Hall–Kier alpha value is -2.11. The fourth-order valence-corrected chi connectivity index (χ4v) is 3.01. The molecule has 0 aromatic carbocycles. The first kappa shape index (κ1) is 18.2. The van der Waals surface area contributed by atoms with Crippen LogP contribution in [0.3, 0.4) is 0 Å². The van der Waals surface area contributed by atoms with Gasteiger partial charge in [0.2, 0.25) is 0 Å². The molecule has 1 aliphatic heterocycles. The minimum Gasteiger partial charge on any atom is -0.481 e. The number of carboxylic acid groups (broad SMARTS) is 1. The number of ether oxygens (including phenoxy) is 1. The minimum absolute atomic E-state index is 0.0140. The largest absolute Gasteiger partial charge is 0.481 e. The van der Waals surface area contributed by atoms with Crippen molar-refractivity contribution >= 4 is 12.1 Å². The summed E-state index contributed by atoms with van der Waals surface area (Å²) in [6.07, 6.45) is 2.18. The van der Waals surface area contributed by atoms with Gasteiger partial charge in [-0.05, 0) is 44.7 Å². The van der Waals surface area contributed by atoms with Gasteiger partial charge in [0.1, 0.15) is 5.60 Å². The highest BCUT2D eigenvalue weighted by atomic mass is 16.6. The number of rotatable bonds is 3. The second-order valence-corrected chi connectivity index (χ2v) is 7.46. The second kappa shape index (κ2) is 7.20. The molecule has 1 aromatic heterocycles. The summed E-state index contributed by atoms with van der Waals surface area (Å²) in [4.78, 5) is 29.1. The first-order valence-corrected chi connectivity index (χ1v) is 8.30. The third kappa shape index (κ3) is 4.94. The molecule has 1 fully saturated rings. The van der Waals surface area contributed by atoms with Crippen LogP contribution in [0.4, 0.5) is 4.79 Å². The molecule has 0 bridgehead atoms. The van der Waals surface area contributed by atoms with Crippen LogP contribution in [-0.2, 0) is 16.0 Å². The van der Waals surface area contributed by atoms with Gasteiger partial charge < -0.3 is 14.7 Å². The zero-order valence-electron chi connectivity index (χ0n) is 14.8. The Morgan fingerprint density at radius 3 is 2.58 bits per heavy atom. The highest BCUT2D eigenvalue weighted by Crippen LogP contribution is 2.32. The average Bonchev–Trinajstić information content (AvgIpc) is 2.46. The van der Waals surface area contributed by atoms with Crippen LogP contribution in [0.5, 0.6) is 0 Å². The van der Waals surface area contributed by atoms with Crippen LogP contribution < -0.4 is 0 Å². The van der Waals surface area contributed by atoms with Gasteiger partial charge in [-0.2, -0.15) is 0 Å². The Labute approximate surface area is 142 Å². The van der Waals surface area contributed by atoms with E-state index >= 15 is 0 Å². The standard InChI is InChI=1S/C18H26N2O4/c1-12-11-20(17(23)24-18(2,3)4)8-7-14(12)15-6-5-13(10-19-15)9-16(21)22/h5-6,10,12,14H,7-9,11H2,1-4H3,(H,21,22).